The van der Waals surface area contributed by atoms with Gasteiger partial charge in [0.05, 0.1) is 6.61 Å². The number of hydrogen-bond donors (Lipinski definition) is 2. The zero-order valence-electron chi connectivity index (χ0n) is 13.6. The normalized spacial score (nSPS) is 14.2. The number of nitrogens with zero attached hydrogens (tertiary/aromatic N) is 1. The van der Waals surface area contributed by atoms with Crippen molar-refractivity contribution >= 4 is 29.9 Å². The average Bonchev–Trinajstić information content (AvgIpc) is 3.30. The molecule has 0 atom stereocenters. The topological polar surface area (TPSA) is 45.7 Å². The van der Waals surface area contributed by atoms with Gasteiger partial charge in [-0.05, 0) is 51.2 Å². The Bertz CT molecular complexity index is 444. The van der Waals surface area contributed by atoms with Crippen molar-refractivity contribution in [1.29, 1.82) is 0 Å². The summed E-state index contributed by atoms with van der Waals surface area (Å²) in [6, 6.07) is 8.18. The van der Waals surface area contributed by atoms with E-state index in [-0.39, 0.29) is 24.0 Å². The van der Waals surface area contributed by atoms with E-state index in [9.17, 15) is 0 Å². The fourth-order valence-electron chi connectivity index (χ4n) is 1.97. The summed E-state index contributed by atoms with van der Waals surface area (Å²) in [5.41, 5.74) is 1.26. The van der Waals surface area contributed by atoms with Gasteiger partial charge >= 0.3 is 0 Å². The van der Waals surface area contributed by atoms with Gasteiger partial charge in [-0.1, -0.05) is 17.7 Å². The van der Waals surface area contributed by atoms with Crippen LogP contribution in [0.25, 0.3) is 0 Å². The summed E-state index contributed by atoms with van der Waals surface area (Å²) in [5.74, 6) is 2.69. The molecule has 2 rings (SSSR count). The predicted octanol–water partition coefficient (Wildman–Crippen LogP) is 3.35. The Hall–Kier alpha value is -0.980. The van der Waals surface area contributed by atoms with E-state index in [0.717, 1.165) is 50.3 Å². The minimum atomic E-state index is 0. The third-order valence-corrected chi connectivity index (χ3v) is 3.45. The Morgan fingerprint density at radius 2 is 1.95 bits per heavy atom. The third-order valence-electron chi connectivity index (χ3n) is 3.45. The van der Waals surface area contributed by atoms with Crippen LogP contribution in [-0.2, 0) is 0 Å². The SMILES string of the molecule is CCNC(=NCC1CC1)NCCCOc1ccc(C)cc1.I. The lowest BCUT2D eigenvalue weighted by Gasteiger charge is -2.11. The summed E-state index contributed by atoms with van der Waals surface area (Å²) in [5, 5.41) is 6.64. The monoisotopic (exact) mass is 417 g/mol. The zero-order chi connectivity index (χ0) is 14.9. The second-order valence-corrected chi connectivity index (χ2v) is 5.60. The summed E-state index contributed by atoms with van der Waals surface area (Å²) in [6.45, 7) is 7.62. The quantitative estimate of drug-likeness (QED) is 0.295. The zero-order valence-corrected chi connectivity index (χ0v) is 15.9. The van der Waals surface area contributed by atoms with E-state index >= 15 is 0 Å². The van der Waals surface area contributed by atoms with Crippen LogP contribution in [-0.4, -0.2) is 32.2 Å². The highest BCUT2D eigenvalue weighted by atomic mass is 127. The number of halogens is 1. The largest absolute Gasteiger partial charge is 0.494 e. The molecule has 1 saturated carbocycles. The number of aliphatic imine (C=N–C) groups is 1. The molecule has 0 spiro atoms. The number of aryl methyl sites for hydroxylation is 1. The molecule has 0 aromatic heterocycles. The first-order chi connectivity index (χ1) is 10.3. The first-order valence-electron chi connectivity index (χ1n) is 7.99. The molecule has 0 aliphatic heterocycles. The van der Waals surface area contributed by atoms with E-state index in [4.69, 9.17) is 4.74 Å². The van der Waals surface area contributed by atoms with Gasteiger partial charge in [0, 0.05) is 19.6 Å². The highest BCUT2D eigenvalue weighted by molar-refractivity contribution is 14.0. The van der Waals surface area contributed by atoms with E-state index in [1.807, 2.05) is 12.1 Å². The van der Waals surface area contributed by atoms with Crippen molar-refractivity contribution in [2.75, 3.05) is 26.2 Å². The van der Waals surface area contributed by atoms with Crippen LogP contribution in [0.5, 0.6) is 5.75 Å². The van der Waals surface area contributed by atoms with Crippen molar-refractivity contribution in [1.82, 2.24) is 10.6 Å². The molecule has 124 valence electrons. The Morgan fingerprint density at radius 1 is 1.23 bits per heavy atom. The number of nitrogens with one attached hydrogen (secondary N) is 2. The van der Waals surface area contributed by atoms with Gasteiger partial charge < -0.3 is 15.4 Å². The van der Waals surface area contributed by atoms with E-state index in [0.29, 0.717) is 0 Å². The molecule has 2 N–H and O–H groups in total. The molecule has 0 saturated heterocycles. The lowest BCUT2D eigenvalue weighted by Crippen LogP contribution is -2.38. The molecule has 0 unspecified atom stereocenters. The average molecular weight is 417 g/mol. The van der Waals surface area contributed by atoms with Crippen LogP contribution in [0.2, 0.25) is 0 Å². The highest BCUT2D eigenvalue weighted by Crippen LogP contribution is 2.28. The van der Waals surface area contributed by atoms with E-state index < -0.39 is 0 Å². The molecule has 0 amide bonds. The van der Waals surface area contributed by atoms with Crippen LogP contribution in [0.3, 0.4) is 0 Å². The van der Waals surface area contributed by atoms with Gasteiger partial charge in [0.25, 0.3) is 0 Å². The Morgan fingerprint density at radius 3 is 2.59 bits per heavy atom. The number of guanidine groups is 1. The maximum atomic E-state index is 5.71. The molecule has 1 aromatic carbocycles. The number of ether oxygens (including phenoxy) is 1. The minimum absolute atomic E-state index is 0. The van der Waals surface area contributed by atoms with E-state index in [2.05, 4.69) is 41.6 Å². The first kappa shape index (κ1) is 19.1. The standard InChI is InChI=1S/C17H27N3O.HI/c1-3-18-17(20-13-15-7-8-15)19-11-4-12-21-16-9-5-14(2)6-10-16;/h5-6,9-10,15H,3-4,7-8,11-13H2,1-2H3,(H2,18,19,20);1H. The van der Waals surface area contributed by atoms with Crippen molar-refractivity contribution in [3.63, 3.8) is 0 Å². The van der Waals surface area contributed by atoms with Gasteiger partial charge in [0.15, 0.2) is 5.96 Å². The van der Waals surface area contributed by atoms with Crippen LogP contribution in [0.1, 0.15) is 31.7 Å². The maximum absolute atomic E-state index is 5.71. The van der Waals surface area contributed by atoms with Gasteiger partial charge in [-0.25, -0.2) is 0 Å². The maximum Gasteiger partial charge on any atom is 0.191 e. The highest BCUT2D eigenvalue weighted by Gasteiger charge is 2.20. The Labute approximate surface area is 151 Å². The second-order valence-electron chi connectivity index (χ2n) is 5.60. The van der Waals surface area contributed by atoms with Gasteiger partial charge in [-0.2, -0.15) is 0 Å². The molecule has 4 nitrogen and oxygen atoms in total. The number of hydrogen-bond acceptors (Lipinski definition) is 2. The summed E-state index contributed by atoms with van der Waals surface area (Å²) < 4.78 is 5.71. The molecular formula is C17H28IN3O. The number of benzene rings is 1. The van der Waals surface area contributed by atoms with Crippen LogP contribution in [0, 0.1) is 12.8 Å². The van der Waals surface area contributed by atoms with Crippen molar-refractivity contribution in [2.45, 2.75) is 33.1 Å². The second kappa shape index (κ2) is 10.7. The molecule has 0 radical (unpaired) electrons. The summed E-state index contributed by atoms with van der Waals surface area (Å²) in [7, 11) is 0. The molecule has 0 bridgehead atoms. The van der Waals surface area contributed by atoms with Crippen LogP contribution < -0.4 is 15.4 Å². The Kier molecular flexibility index (Phi) is 9.27. The predicted molar refractivity (Wildman–Crippen MR) is 103 cm³/mol. The number of rotatable bonds is 8. The lowest BCUT2D eigenvalue weighted by atomic mass is 10.2. The van der Waals surface area contributed by atoms with Crippen molar-refractivity contribution in [3.8, 4) is 5.75 Å². The summed E-state index contributed by atoms with van der Waals surface area (Å²) in [6.07, 6.45) is 3.64. The molecule has 1 aliphatic rings. The molecular weight excluding hydrogens is 389 g/mol. The first-order valence-corrected chi connectivity index (χ1v) is 7.99. The van der Waals surface area contributed by atoms with Crippen molar-refractivity contribution in [2.24, 2.45) is 10.9 Å². The fraction of sp³-hybridized carbons (Fsp3) is 0.588. The molecule has 1 aromatic rings. The fourth-order valence-corrected chi connectivity index (χ4v) is 1.97. The van der Waals surface area contributed by atoms with Crippen LogP contribution in [0.15, 0.2) is 29.3 Å². The summed E-state index contributed by atoms with van der Waals surface area (Å²) in [4.78, 5) is 4.59. The van der Waals surface area contributed by atoms with E-state index in [1.165, 1.54) is 18.4 Å². The van der Waals surface area contributed by atoms with E-state index in [1.54, 1.807) is 0 Å². The van der Waals surface area contributed by atoms with Crippen molar-refractivity contribution in [3.05, 3.63) is 29.8 Å². The molecule has 22 heavy (non-hydrogen) atoms. The minimum Gasteiger partial charge on any atom is -0.494 e. The smallest absolute Gasteiger partial charge is 0.191 e. The Balaban J connectivity index is 0.00000242. The molecule has 1 fully saturated rings. The van der Waals surface area contributed by atoms with Gasteiger partial charge in [0.1, 0.15) is 5.75 Å². The van der Waals surface area contributed by atoms with Gasteiger partial charge in [-0.3, -0.25) is 4.99 Å². The van der Waals surface area contributed by atoms with Gasteiger partial charge in [0.2, 0.25) is 0 Å². The molecule has 1 aliphatic carbocycles. The molecule has 0 heterocycles. The lowest BCUT2D eigenvalue weighted by molar-refractivity contribution is 0.311. The molecule has 5 heteroatoms. The summed E-state index contributed by atoms with van der Waals surface area (Å²) >= 11 is 0. The van der Waals surface area contributed by atoms with Crippen LogP contribution in [0.4, 0.5) is 0 Å². The van der Waals surface area contributed by atoms with Crippen molar-refractivity contribution < 1.29 is 4.74 Å². The van der Waals surface area contributed by atoms with Crippen LogP contribution >= 0.6 is 24.0 Å². The third kappa shape index (κ3) is 7.87. The van der Waals surface area contributed by atoms with Gasteiger partial charge in [-0.15, -0.1) is 24.0 Å².